The number of carbonyl (C=O) groups is 2. The maximum Gasteiger partial charge on any atom is 0.309 e. The molecule has 0 spiro atoms. The molecule has 4 bridgehead atoms. The van der Waals surface area contributed by atoms with Gasteiger partial charge < -0.3 is 19.3 Å². The summed E-state index contributed by atoms with van der Waals surface area (Å²) in [5, 5.41) is 14.1. The molecule has 2 heterocycles. The fourth-order valence-corrected chi connectivity index (χ4v) is 10.4. The Hall–Kier alpha value is -4.66. The predicted octanol–water partition coefficient (Wildman–Crippen LogP) is 9.44. The van der Waals surface area contributed by atoms with E-state index >= 15 is 0 Å². The zero-order valence-electron chi connectivity index (χ0n) is 33.8. The lowest BCUT2D eigenvalue weighted by atomic mass is 9.96. The van der Waals surface area contributed by atoms with Gasteiger partial charge in [0.1, 0.15) is 23.7 Å². The summed E-state index contributed by atoms with van der Waals surface area (Å²) in [7, 11) is 0. The van der Waals surface area contributed by atoms with Gasteiger partial charge in [0.2, 0.25) is 0 Å². The van der Waals surface area contributed by atoms with Crippen LogP contribution in [0.3, 0.4) is 0 Å². The van der Waals surface area contributed by atoms with Gasteiger partial charge >= 0.3 is 11.9 Å². The van der Waals surface area contributed by atoms with Gasteiger partial charge in [-0.2, -0.15) is 0 Å². The van der Waals surface area contributed by atoms with Crippen LogP contribution in [-0.2, 0) is 27.4 Å². The summed E-state index contributed by atoms with van der Waals surface area (Å²) < 4.78 is 17.8. The van der Waals surface area contributed by atoms with E-state index in [0.29, 0.717) is 30.7 Å². The number of nitrogens with zero attached hydrogens (tertiary/aromatic N) is 2. The lowest BCUT2D eigenvalue weighted by molar-refractivity contribution is -0.149. The van der Waals surface area contributed by atoms with E-state index in [2.05, 4.69) is 107 Å². The Morgan fingerprint density at radius 2 is 1.03 bits per heavy atom. The van der Waals surface area contributed by atoms with E-state index < -0.39 is 5.97 Å². The number of piperidine rings is 2. The molecule has 58 heavy (non-hydrogen) atoms. The molecule has 6 unspecified atom stereocenters. The highest BCUT2D eigenvalue weighted by atomic mass is 16.5. The molecule has 2 saturated carbocycles. The van der Waals surface area contributed by atoms with Crippen LogP contribution in [0.25, 0.3) is 21.5 Å². The van der Waals surface area contributed by atoms with Gasteiger partial charge in [0.15, 0.2) is 0 Å². The normalized spacial score (nSPS) is 26.9. The van der Waals surface area contributed by atoms with Crippen molar-refractivity contribution in [3.05, 3.63) is 108 Å². The molecule has 4 aromatic carbocycles. The molecule has 10 rings (SSSR count). The van der Waals surface area contributed by atoms with Crippen molar-refractivity contribution in [2.75, 3.05) is 32.8 Å². The number of rotatable bonds is 11. The number of hydrogen-bond donors (Lipinski definition) is 1. The average Bonchev–Trinajstić information content (AvgIpc) is 4.06. The van der Waals surface area contributed by atoms with Crippen molar-refractivity contribution in [2.24, 2.45) is 35.5 Å². The maximum absolute atomic E-state index is 11.9. The molecule has 2 saturated heterocycles. The van der Waals surface area contributed by atoms with Crippen molar-refractivity contribution in [1.29, 1.82) is 0 Å². The second-order valence-corrected chi connectivity index (χ2v) is 17.8. The fraction of sp³-hybridized carbons (Fsp3) is 0.480. The number of ether oxygens (including phenoxy) is 3. The van der Waals surface area contributed by atoms with Crippen molar-refractivity contribution in [3.63, 3.8) is 0 Å². The minimum absolute atomic E-state index is 0.0256. The Labute approximate surface area is 342 Å². The minimum Gasteiger partial charge on any atom is -0.490 e. The van der Waals surface area contributed by atoms with Gasteiger partial charge in [-0.05, 0) is 165 Å². The fourth-order valence-electron chi connectivity index (χ4n) is 10.4. The summed E-state index contributed by atoms with van der Waals surface area (Å²) in [6.07, 6.45) is 18.1. The number of esters is 1. The van der Waals surface area contributed by atoms with Gasteiger partial charge in [-0.3, -0.25) is 19.4 Å². The predicted molar refractivity (Wildman–Crippen MR) is 228 cm³/mol. The quantitative estimate of drug-likeness (QED) is 0.119. The van der Waals surface area contributed by atoms with E-state index in [9.17, 15) is 9.59 Å². The minimum atomic E-state index is -0.648. The number of allylic oxidation sites excluding steroid dienone is 2. The molecule has 6 aliphatic rings. The molecule has 8 nitrogen and oxygen atoms in total. The first-order valence-electron chi connectivity index (χ1n) is 21.9. The average molecular weight is 783 g/mol. The van der Waals surface area contributed by atoms with Crippen LogP contribution in [0.5, 0.6) is 11.5 Å². The topological polar surface area (TPSA) is 88.5 Å². The molecule has 1 N–H and O–H groups in total. The zero-order chi connectivity index (χ0) is 39.6. The third-order valence-corrected chi connectivity index (χ3v) is 13.7. The number of benzene rings is 4. The number of hydrogen-bond acceptors (Lipinski definition) is 7. The van der Waals surface area contributed by atoms with Crippen LogP contribution in [0.2, 0.25) is 0 Å². The van der Waals surface area contributed by atoms with Crippen molar-refractivity contribution >= 4 is 33.5 Å². The van der Waals surface area contributed by atoms with Gasteiger partial charge in [0.25, 0.3) is 0 Å². The lowest BCUT2D eigenvalue weighted by Crippen LogP contribution is -2.36. The molecular weight excluding hydrogens is 725 g/mol. The van der Waals surface area contributed by atoms with Crippen LogP contribution in [0.1, 0.15) is 69.4 Å². The number of carboxylic acid groups (broad SMARTS) is 1. The van der Waals surface area contributed by atoms with Crippen LogP contribution in [0.15, 0.2) is 97.1 Å². The Morgan fingerprint density at radius 3 is 1.45 bits per heavy atom. The smallest absolute Gasteiger partial charge is 0.309 e. The number of fused-ring (bicyclic) bond motifs is 6. The second kappa shape index (κ2) is 17.3. The Kier molecular flexibility index (Phi) is 11.6. The molecule has 0 radical (unpaired) electrons. The number of carbonyl (C=O) groups excluding carboxylic acids is 1. The number of likely N-dealkylation sites (tertiary alicyclic amines) is 2. The monoisotopic (exact) mass is 782 g/mol. The molecule has 4 fully saturated rings. The molecule has 4 aliphatic carbocycles. The SMILES string of the molecule is CCOC(=O)C1CCN(Cc2ccc3cc(OC4CC5C=CC4C5)ccc3c2)CC1.O=C(O)C1CCN(Cc2ccc3cc(OC4CC5C=CC4C5)ccc3c2)CC1. The van der Waals surface area contributed by atoms with E-state index in [1.807, 2.05) is 6.92 Å². The van der Waals surface area contributed by atoms with Crippen LogP contribution in [0, 0.1) is 35.5 Å². The van der Waals surface area contributed by atoms with E-state index in [0.717, 1.165) is 101 Å². The van der Waals surface area contributed by atoms with Crippen molar-refractivity contribution in [3.8, 4) is 11.5 Å². The molecular formula is C50H58N2O6. The van der Waals surface area contributed by atoms with Gasteiger partial charge in [0.05, 0.1) is 18.4 Å². The Bertz CT molecular complexity index is 2160. The van der Waals surface area contributed by atoms with E-state index in [4.69, 9.17) is 19.3 Å². The molecule has 8 heteroatoms. The van der Waals surface area contributed by atoms with Gasteiger partial charge in [0, 0.05) is 24.9 Å². The largest absolute Gasteiger partial charge is 0.490 e. The highest BCUT2D eigenvalue weighted by Gasteiger charge is 2.38. The molecule has 2 aliphatic heterocycles. The van der Waals surface area contributed by atoms with Gasteiger partial charge in [-0.25, -0.2) is 0 Å². The summed E-state index contributed by atoms with van der Waals surface area (Å²) in [5.74, 6) is 3.83. The summed E-state index contributed by atoms with van der Waals surface area (Å²) >= 11 is 0. The van der Waals surface area contributed by atoms with Gasteiger partial charge in [-0.15, -0.1) is 0 Å². The van der Waals surface area contributed by atoms with E-state index in [-0.39, 0.29) is 17.8 Å². The van der Waals surface area contributed by atoms with Crippen LogP contribution in [-0.4, -0.2) is 71.8 Å². The summed E-state index contributed by atoms with van der Waals surface area (Å²) in [5.41, 5.74) is 2.61. The highest BCUT2D eigenvalue weighted by molar-refractivity contribution is 5.85. The third kappa shape index (κ3) is 8.98. The van der Waals surface area contributed by atoms with Crippen molar-refractivity contribution in [2.45, 2.75) is 83.6 Å². The van der Waals surface area contributed by atoms with Crippen LogP contribution >= 0.6 is 0 Å². The van der Waals surface area contributed by atoms with Crippen molar-refractivity contribution in [1.82, 2.24) is 9.80 Å². The molecule has 0 amide bonds. The zero-order valence-corrected chi connectivity index (χ0v) is 33.8. The summed E-state index contributed by atoms with van der Waals surface area (Å²) in [6, 6.07) is 26.3. The first-order valence-corrected chi connectivity index (χ1v) is 21.9. The Morgan fingerprint density at radius 1 is 0.586 bits per heavy atom. The van der Waals surface area contributed by atoms with E-state index in [1.165, 1.54) is 45.5 Å². The lowest BCUT2D eigenvalue weighted by Gasteiger charge is -2.30. The standard InChI is InChI=1S/C26H31NO3.C24H27NO3/c1-2-29-26(28)20-9-11-27(12-10-20)17-19-4-5-22-16-24(8-7-21(22)14-19)30-25-15-18-3-6-23(25)13-18;26-24(27)18-7-9-25(10-8-18)15-17-2-3-20-14-22(6-5-19(20)12-17)28-23-13-16-1-4-21(23)11-16/h3-8,14,16,18,20,23,25H,2,9-13,15,17H2,1H3;1-6,12,14,16,18,21,23H,7-11,13,15H2,(H,26,27). The summed E-state index contributed by atoms with van der Waals surface area (Å²) in [6.45, 7) is 7.79. The van der Waals surface area contributed by atoms with Gasteiger partial charge in [-0.1, -0.05) is 60.7 Å². The first kappa shape index (κ1) is 38.8. The number of aliphatic carboxylic acids is 1. The molecule has 304 valence electrons. The van der Waals surface area contributed by atoms with Crippen LogP contribution in [0.4, 0.5) is 0 Å². The molecule has 0 aromatic heterocycles. The highest BCUT2D eigenvalue weighted by Crippen LogP contribution is 2.42. The van der Waals surface area contributed by atoms with Crippen molar-refractivity contribution < 1.29 is 28.9 Å². The van der Waals surface area contributed by atoms with Crippen LogP contribution < -0.4 is 9.47 Å². The third-order valence-electron chi connectivity index (χ3n) is 13.7. The molecule has 6 atom stereocenters. The first-order chi connectivity index (χ1) is 28.3. The summed E-state index contributed by atoms with van der Waals surface area (Å²) in [4.78, 5) is 27.8. The maximum atomic E-state index is 11.9. The second-order valence-electron chi connectivity index (χ2n) is 17.8. The molecule has 4 aromatic rings. The Balaban J connectivity index is 0.000000151. The van der Waals surface area contributed by atoms with E-state index in [1.54, 1.807) is 0 Å². The number of carboxylic acids is 1.